The Bertz CT molecular complexity index is 379. The minimum atomic E-state index is 0.331. The Balaban J connectivity index is 2.11. The fraction of sp³-hybridized carbons (Fsp3) is 0.625. The van der Waals surface area contributed by atoms with Crippen molar-refractivity contribution in [1.29, 1.82) is 0 Å². The van der Waals surface area contributed by atoms with Gasteiger partial charge >= 0.3 is 0 Å². The summed E-state index contributed by atoms with van der Waals surface area (Å²) in [5.74, 6) is 0. The summed E-state index contributed by atoms with van der Waals surface area (Å²) in [6.45, 7) is 5.43. The van der Waals surface area contributed by atoms with Crippen molar-refractivity contribution in [2.45, 2.75) is 52.4 Å². The summed E-state index contributed by atoms with van der Waals surface area (Å²) in [6.07, 6.45) is 7.54. The maximum Gasteiger partial charge on any atom is -0.00721 e. The van der Waals surface area contributed by atoms with Crippen molar-refractivity contribution in [2.75, 3.05) is 6.54 Å². The smallest absolute Gasteiger partial charge is 0.00721 e. The maximum atomic E-state index is 5.68. The van der Waals surface area contributed by atoms with Crippen LogP contribution in [0, 0.1) is 5.41 Å². The Kier molecular flexibility index (Phi) is 3.88. The van der Waals surface area contributed by atoms with Crippen molar-refractivity contribution < 1.29 is 0 Å². The van der Waals surface area contributed by atoms with Gasteiger partial charge in [-0.2, -0.15) is 0 Å². The van der Waals surface area contributed by atoms with E-state index in [0.717, 1.165) is 19.4 Å². The topological polar surface area (TPSA) is 26.0 Å². The van der Waals surface area contributed by atoms with E-state index in [9.17, 15) is 0 Å². The first-order valence-electron chi connectivity index (χ1n) is 6.91. The van der Waals surface area contributed by atoms with Gasteiger partial charge in [-0.25, -0.2) is 0 Å². The Labute approximate surface area is 105 Å². The highest BCUT2D eigenvalue weighted by Gasteiger charge is 2.18. The van der Waals surface area contributed by atoms with E-state index in [4.69, 9.17) is 5.73 Å². The third-order valence-corrected chi connectivity index (χ3v) is 3.92. The van der Waals surface area contributed by atoms with Gasteiger partial charge in [-0.15, -0.1) is 0 Å². The molecular weight excluding hydrogens is 206 g/mol. The molecular formula is C16H25N. The fourth-order valence-electron chi connectivity index (χ4n) is 2.93. The van der Waals surface area contributed by atoms with Crippen LogP contribution >= 0.6 is 0 Å². The van der Waals surface area contributed by atoms with Crippen LogP contribution in [0.3, 0.4) is 0 Å². The van der Waals surface area contributed by atoms with Crippen LogP contribution in [0.15, 0.2) is 18.2 Å². The molecule has 17 heavy (non-hydrogen) atoms. The summed E-state index contributed by atoms with van der Waals surface area (Å²) in [4.78, 5) is 0. The minimum absolute atomic E-state index is 0.331. The van der Waals surface area contributed by atoms with Gasteiger partial charge in [0.15, 0.2) is 0 Å². The molecule has 0 unspecified atom stereocenters. The summed E-state index contributed by atoms with van der Waals surface area (Å²) in [5, 5.41) is 0. The summed E-state index contributed by atoms with van der Waals surface area (Å²) < 4.78 is 0. The van der Waals surface area contributed by atoms with Gasteiger partial charge in [0.1, 0.15) is 0 Å². The van der Waals surface area contributed by atoms with Crippen molar-refractivity contribution in [3.8, 4) is 0 Å². The zero-order valence-electron chi connectivity index (χ0n) is 11.3. The minimum Gasteiger partial charge on any atom is -0.330 e. The van der Waals surface area contributed by atoms with E-state index in [2.05, 4.69) is 32.0 Å². The second-order valence-corrected chi connectivity index (χ2v) is 6.19. The van der Waals surface area contributed by atoms with E-state index in [1.165, 1.54) is 31.2 Å². The Hall–Kier alpha value is -0.820. The predicted molar refractivity (Wildman–Crippen MR) is 74.2 cm³/mol. The first kappa shape index (κ1) is 12.6. The van der Waals surface area contributed by atoms with Crippen LogP contribution in [-0.2, 0) is 19.3 Å². The lowest BCUT2D eigenvalue weighted by Gasteiger charge is -2.25. The van der Waals surface area contributed by atoms with Crippen LogP contribution in [-0.4, -0.2) is 6.54 Å². The molecule has 1 aliphatic rings. The zero-order chi connectivity index (χ0) is 12.3. The average Bonchev–Trinajstić information content (AvgIpc) is 2.28. The van der Waals surface area contributed by atoms with E-state index in [1.54, 1.807) is 11.1 Å². The van der Waals surface area contributed by atoms with Gasteiger partial charge in [0.2, 0.25) is 0 Å². The van der Waals surface area contributed by atoms with Crippen molar-refractivity contribution in [3.05, 3.63) is 34.9 Å². The zero-order valence-corrected chi connectivity index (χ0v) is 11.3. The summed E-state index contributed by atoms with van der Waals surface area (Å²) in [6, 6.07) is 7.11. The molecule has 1 aromatic rings. The Morgan fingerprint density at radius 1 is 1.12 bits per heavy atom. The molecule has 1 aliphatic carbocycles. The molecule has 0 radical (unpaired) electrons. The number of nitrogens with two attached hydrogens (primary N) is 1. The quantitative estimate of drug-likeness (QED) is 0.843. The van der Waals surface area contributed by atoms with Gasteiger partial charge < -0.3 is 5.73 Å². The highest BCUT2D eigenvalue weighted by atomic mass is 14.5. The average molecular weight is 231 g/mol. The highest BCUT2D eigenvalue weighted by molar-refractivity contribution is 5.34. The first-order chi connectivity index (χ1) is 8.11. The molecule has 0 heterocycles. The van der Waals surface area contributed by atoms with Crippen LogP contribution in [0.25, 0.3) is 0 Å². The van der Waals surface area contributed by atoms with Crippen molar-refractivity contribution in [1.82, 2.24) is 0 Å². The van der Waals surface area contributed by atoms with Crippen molar-refractivity contribution in [2.24, 2.45) is 11.1 Å². The van der Waals surface area contributed by atoms with Gasteiger partial charge in [0, 0.05) is 0 Å². The van der Waals surface area contributed by atoms with Gasteiger partial charge in [0.05, 0.1) is 0 Å². The third-order valence-electron chi connectivity index (χ3n) is 3.92. The van der Waals surface area contributed by atoms with E-state index < -0.39 is 0 Å². The number of hydrogen-bond acceptors (Lipinski definition) is 1. The van der Waals surface area contributed by atoms with Gasteiger partial charge in [0.25, 0.3) is 0 Å². The first-order valence-corrected chi connectivity index (χ1v) is 6.91. The van der Waals surface area contributed by atoms with Gasteiger partial charge in [-0.3, -0.25) is 0 Å². The largest absolute Gasteiger partial charge is 0.330 e. The lowest BCUT2D eigenvalue weighted by Crippen LogP contribution is -2.20. The molecule has 0 aromatic heterocycles. The molecule has 0 spiro atoms. The second kappa shape index (κ2) is 5.22. The van der Waals surface area contributed by atoms with Crippen LogP contribution < -0.4 is 5.73 Å². The molecule has 2 rings (SSSR count). The second-order valence-electron chi connectivity index (χ2n) is 6.19. The predicted octanol–water partition coefficient (Wildman–Crippen LogP) is 3.48. The molecule has 1 aromatic carbocycles. The van der Waals surface area contributed by atoms with Crippen LogP contribution in [0.5, 0.6) is 0 Å². The summed E-state index contributed by atoms with van der Waals surface area (Å²) in [5.41, 5.74) is 10.7. The van der Waals surface area contributed by atoms with Crippen LogP contribution in [0.4, 0.5) is 0 Å². The lowest BCUT2D eigenvalue weighted by molar-refractivity contribution is 0.338. The normalized spacial score (nSPS) is 15.7. The van der Waals surface area contributed by atoms with Crippen LogP contribution in [0.2, 0.25) is 0 Å². The molecule has 0 bridgehead atoms. The monoisotopic (exact) mass is 231 g/mol. The number of fused-ring (bicyclic) bond motifs is 1. The highest BCUT2D eigenvalue weighted by Crippen LogP contribution is 2.28. The molecule has 94 valence electrons. The summed E-state index contributed by atoms with van der Waals surface area (Å²) >= 11 is 0. The molecule has 1 nitrogen and oxygen atoms in total. The summed E-state index contributed by atoms with van der Waals surface area (Å²) in [7, 11) is 0. The number of hydrogen-bond donors (Lipinski definition) is 1. The lowest BCUT2D eigenvalue weighted by atomic mass is 9.81. The van der Waals surface area contributed by atoms with Crippen LogP contribution in [0.1, 0.15) is 49.8 Å². The van der Waals surface area contributed by atoms with Gasteiger partial charge in [-0.1, -0.05) is 32.0 Å². The van der Waals surface area contributed by atoms with E-state index in [-0.39, 0.29) is 0 Å². The molecule has 0 saturated carbocycles. The molecule has 2 N–H and O–H groups in total. The maximum absolute atomic E-state index is 5.68. The van der Waals surface area contributed by atoms with E-state index >= 15 is 0 Å². The number of aryl methyl sites for hydroxylation is 2. The van der Waals surface area contributed by atoms with E-state index in [0.29, 0.717) is 5.41 Å². The van der Waals surface area contributed by atoms with E-state index in [1.807, 2.05) is 0 Å². The standard InChI is InChI=1S/C16H25N/c1-16(2,9-10-17)12-13-7-8-14-5-3-4-6-15(14)11-13/h7-8,11H,3-6,9-10,12,17H2,1-2H3. The molecule has 0 atom stereocenters. The fourth-order valence-corrected chi connectivity index (χ4v) is 2.93. The molecule has 0 amide bonds. The Morgan fingerprint density at radius 2 is 1.82 bits per heavy atom. The van der Waals surface area contributed by atoms with Crippen molar-refractivity contribution in [3.63, 3.8) is 0 Å². The van der Waals surface area contributed by atoms with Crippen molar-refractivity contribution >= 4 is 0 Å². The number of benzene rings is 1. The number of rotatable bonds is 4. The van der Waals surface area contributed by atoms with Gasteiger partial charge in [-0.05, 0) is 67.2 Å². The Morgan fingerprint density at radius 3 is 2.53 bits per heavy atom. The molecule has 0 saturated heterocycles. The molecule has 0 fully saturated rings. The SMILES string of the molecule is CC(C)(CCN)Cc1ccc2c(c1)CCCC2. The molecule has 1 heteroatoms. The molecule has 0 aliphatic heterocycles. The third kappa shape index (κ3) is 3.32.